The standard InChI is InChI=1S/C26H27N5OS/c27-23-21-7-4-11-30-26(21)33-24(23)25(32)29-12-10-19-8-9-20(31-15-13-28-14-16-31)17-22(19)18-5-2-1-3-6-18/h1-9,11,17,28H,10,12-16,27H2,(H,29,32). The van der Waals surface area contributed by atoms with Crippen LogP contribution in [0.4, 0.5) is 11.4 Å². The van der Waals surface area contributed by atoms with E-state index in [-0.39, 0.29) is 5.91 Å². The Bertz CT molecular complexity index is 1260. The normalized spacial score (nSPS) is 13.9. The number of amides is 1. The van der Waals surface area contributed by atoms with E-state index in [1.54, 1.807) is 6.20 Å². The first kappa shape index (κ1) is 21.4. The number of fused-ring (bicyclic) bond motifs is 1. The van der Waals surface area contributed by atoms with Crippen molar-refractivity contribution in [1.82, 2.24) is 15.6 Å². The molecule has 5 rings (SSSR count). The predicted octanol–water partition coefficient (Wildman–Crippen LogP) is 3.93. The van der Waals surface area contributed by atoms with E-state index in [2.05, 4.69) is 63.0 Å². The zero-order chi connectivity index (χ0) is 22.6. The third-order valence-corrected chi connectivity index (χ3v) is 7.18. The summed E-state index contributed by atoms with van der Waals surface area (Å²) in [5.41, 5.74) is 11.6. The number of piperazine rings is 1. The molecule has 1 aliphatic rings. The fraction of sp³-hybridized carbons (Fsp3) is 0.231. The van der Waals surface area contributed by atoms with Crippen LogP contribution in [0, 0.1) is 0 Å². The summed E-state index contributed by atoms with van der Waals surface area (Å²) in [6, 6.07) is 20.9. The maximum absolute atomic E-state index is 12.8. The number of pyridine rings is 1. The van der Waals surface area contributed by atoms with Gasteiger partial charge in [0.2, 0.25) is 0 Å². The van der Waals surface area contributed by atoms with Gasteiger partial charge in [-0.3, -0.25) is 4.79 Å². The van der Waals surface area contributed by atoms with Crippen LogP contribution in [0.2, 0.25) is 0 Å². The Morgan fingerprint density at radius 3 is 2.70 bits per heavy atom. The highest BCUT2D eigenvalue weighted by Gasteiger charge is 2.17. The minimum absolute atomic E-state index is 0.144. The summed E-state index contributed by atoms with van der Waals surface area (Å²) in [7, 11) is 0. The molecule has 7 heteroatoms. The number of hydrogen-bond acceptors (Lipinski definition) is 6. The van der Waals surface area contributed by atoms with Crippen LogP contribution < -0.4 is 21.3 Å². The minimum Gasteiger partial charge on any atom is -0.397 e. The van der Waals surface area contributed by atoms with Gasteiger partial charge in [-0.2, -0.15) is 0 Å². The highest BCUT2D eigenvalue weighted by molar-refractivity contribution is 7.21. The number of anilines is 2. The maximum atomic E-state index is 12.8. The number of nitrogens with zero attached hydrogens (tertiary/aromatic N) is 2. The lowest BCUT2D eigenvalue weighted by atomic mass is 9.96. The summed E-state index contributed by atoms with van der Waals surface area (Å²) in [6.45, 7) is 4.56. The van der Waals surface area contributed by atoms with E-state index < -0.39 is 0 Å². The van der Waals surface area contributed by atoms with Gasteiger partial charge in [0.05, 0.1) is 5.69 Å². The van der Waals surface area contributed by atoms with Crippen molar-refractivity contribution >= 4 is 38.8 Å². The summed E-state index contributed by atoms with van der Waals surface area (Å²) in [5.74, 6) is -0.144. The SMILES string of the molecule is Nc1c(C(=O)NCCc2ccc(N3CCNCC3)cc2-c2ccccc2)sc2ncccc12. The quantitative estimate of drug-likeness (QED) is 0.409. The number of carbonyl (C=O) groups excluding carboxylic acids is 1. The van der Waals surface area contributed by atoms with Crippen molar-refractivity contribution in [2.45, 2.75) is 6.42 Å². The third kappa shape index (κ3) is 4.55. The van der Waals surface area contributed by atoms with Gasteiger partial charge in [-0.05, 0) is 47.4 Å². The number of hydrogen-bond donors (Lipinski definition) is 3. The molecule has 0 atom stereocenters. The van der Waals surface area contributed by atoms with E-state index in [1.807, 2.05) is 18.2 Å². The van der Waals surface area contributed by atoms with Gasteiger partial charge in [-0.25, -0.2) is 4.98 Å². The monoisotopic (exact) mass is 457 g/mol. The molecule has 2 aromatic carbocycles. The molecule has 6 nitrogen and oxygen atoms in total. The van der Waals surface area contributed by atoms with Crippen LogP contribution in [0.15, 0.2) is 66.9 Å². The highest BCUT2D eigenvalue weighted by Crippen LogP contribution is 2.32. The van der Waals surface area contributed by atoms with Crippen molar-refractivity contribution in [3.8, 4) is 11.1 Å². The molecule has 1 saturated heterocycles. The number of thiophene rings is 1. The molecule has 168 valence electrons. The Labute approximate surface area is 197 Å². The van der Waals surface area contributed by atoms with Crippen LogP contribution in [-0.2, 0) is 6.42 Å². The largest absolute Gasteiger partial charge is 0.397 e. The molecule has 4 aromatic rings. The Morgan fingerprint density at radius 2 is 1.91 bits per heavy atom. The van der Waals surface area contributed by atoms with E-state index in [0.29, 0.717) is 17.1 Å². The summed E-state index contributed by atoms with van der Waals surface area (Å²) in [6.07, 6.45) is 2.45. The number of nitrogens with one attached hydrogen (secondary N) is 2. The number of nitrogens with two attached hydrogens (primary N) is 1. The van der Waals surface area contributed by atoms with Crippen molar-refractivity contribution in [3.63, 3.8) is 0 Å². The van der Waals surface area contributed by atoms with Crippen LogP contribution in [0.5, 0.6) is 0 Å². The van der Waals surface area contributed by atoms with Crippen LogP contribution in [0.25, 0.3) is 21.3 Å². The first-order valence-corrected chi connectivity index (χ1v) is 12.1. The average molecular weight is 458 g/mol. The summed E-state index contributed by atoms with van der Waals surface area (Å²) < 4.78 is 0. The maximum Gasteiger partial charge on any atom is 0.263 e. The van der Waals surface area contributed by atoms with Gasteiger partial charge in [0.1, 0.15) is 9.71 Å². The van der Waals surface area contributed by atoms with Gasteiger partial charge >= 0.3 is 0 Å². The van der Waals surface area contributed by atoms with Gasteiger partial charge in [0.25, 0.3) is 5.91 Å². The molecule has 1 amide bonds. The molecule has 3 heterocycles. The predicted molar refractivity (Wildman–Crippen MR) is 137 cm³/mol. The third-order valence-electron chi connectivity index (χ3n) is 6.05. The molecular weight excluding hydrogens is 430 g/mol. The number of rotatable bonds is 6. The topological polar surface area (TPSA) is 83.3 Å². The van der Waals surface area contributed by atoms with Crippen molar-refractivity contribution < 1.29 is 4.79 Å². The number of aromatic nitrogens is 1. The number of benzene rings is 2. The van der Waals surface area contributed by atoms with Crippen LogP contribution in [-0.4, -0.2) is 43.6 Å². The molecule has 0 bridgehead atoms. The molecule has 1 fully saturated rings. The summed E-state index contributed by atoms with van der Waals surface area (Å²) >= 11 is 1.34. The second-order valence-corrected chi connectivity index (χ2v) is 9.15. The molecule has 0 unspecified atom stereocenters. The zero-order valence-electron chi connectivity index (χ0n) is 18.4. The fourth-order valence-corrected chi connectivity index (χ4v) is 5.28. The van der Waals surface area contributed by atoms with E-state index in [1.165, 1.54) is 33.7 Å². The number of carbonyl (C=O) groups is 1. The molecular formula is C26H27N5OS. The van der Waals surface area contributed by atoms with Crippen LogP contribution >= 0.6 is 11.3 Å². The van der Waals surface area contributed by atoms with Crippen molar-refractivity contribution in [2.75, 3.05) is 43.4 Å². The Morgan fingerprint density at radius 1 is 1.09 bits per heavy atom. The second-order valence-electron chi connectivity index (χ2n) is 8.15. The first-order valence-electron chi connectivity index (χ1n) is 11.3. The van der Waals surface area contributed by atoms with E-state index >= 15 is 0 Å². The first-order chi connectivity index (χ1) is 16.2. The molecule has 1 aliphatic heterocycles. The van der Waals surface area contributed by atoms with E-state index in [4.69, 9.17) is 5.73 Å². The van der Waals surface area contributed by atoms with Crippen molar-refractivity contribution in [2.24, 2.45) is 0 Å². The minimum atomic E-state index is -0.144. The second kappa shape index (κ2) is 9.60. The van der Waals surface area contributed by atoms with Gasteiger partial charge < -0.3 is 21.3 Å². The Kier molecular flexibility index (Phi) is 6.24. The lowest BCUT2D eigenvalue weighted by molar-refractivity contribution is 0.0959. The molecule has 0 radical (unpaired) electrons. The Balaban J connectivity index is 1.34. The molecule has 0 saturated carbocycles. The van der Waals surface area contributed by atoms with Crippen molar-refractivity contribution in [1.29, 1.82) is 0 Å². The number of nitrogen functional groups attached to an aromatic ring is 1. The lowest BCUT2D eigenvalue weighted by Crippen LogP contribution is -2.43. The van der Waals surface area contributed by atoms with E-state index in [9.17, 15) is 4.79 Å². The zero-order valence-corrected chi connectivity index (χ0v) is 19.2. The molecule has 0 aliphatic carbocycles. The molecule has 33 heavy (non-hydrogen) atoms. The van der Waals surface area contributed by atoms with E-state index in [0.717, 1.165) is 42.8 Å². The van der Waals surface area contributed by atoms with Crippen LogP contribution in [0.1, 0.15) is 15.2 Å². The molecule has 4 N–H and O–H groups in total. The Hall–Kier alpha value is -3.42. The smallest absolute Gasteiger partial charge is 0.263 e. The molecule has 0 spiro atoms. The highest BCUT2D eigenvalue weighted by atomic mass is 32.1. The fourth-order valence-electron chi connectivity index (χ4n) is 4.30. The van der Waals surface area contributed by atoms with Crippen molar-refractivity contribution in [3.05, 3.63) is 77.3 Å². The van der Waals surface area contributed by atoms with Gasteiger partial charge in [-0.15, -0.1) is 11.3 Å². The van der Waals surface area contributed by atoms with Gasteiger partial charge in [0, 0.05) is 50.0 Å². The lowest BCUT2D eigenvalue weighted by Gasteiger charge is -2.30. The van der Waals surface area contributed by atoms with Crippen LogP contribution in [0.3, 0.4) is 0 Å². The van der Waals surface area contributed by atoms with Gasteiger partial charge in [0.15, 0.2) is 0 Å². The summed E-state index contributed by atoms with van der Waals surface area (Å²) in [4.78, 5) is 20.9. The molecule has 2 aromatic heterocycles. The summed E-state index contributed by atoms with van der Waals surface area (Å²) in [5, 5.41) is 7.30. The average Bonchev–Trinajstić information content (AvgIpc) is 3.22. The van der Waals surface area contributed by atoms with Gasteiger partial charge in [-0.1, -0.05) is 36.4 Å².